The third-order valence-corrected chi connectivity index (χ3v) is 20.2. The van der Waals surface area contributed by atoms with Crippen molar-refractivity contribution in [1.29, 1.82) is 0 Å². The van der Waals surface area contributed by atoms with Crippen LogP contribution in [0.15, 0.2) is 346 Å². The van der Waals surface area contributed by atoms with Crippen molar-refractivity contribution in [2.75, 3.05) is 0 Å². The van der Waals surface area contributed by atoms with Crippen molar-refractivity contribution in [1.82, 2.24) is 0 Å². The van der Waals surface area contributed by atoms with E-state index in [1.54, 1.807) is 0 Å². The monoisotopic (exact) mass is 1220 g/mol. The largest absolute Gasteiger partial charge is 0.0807 e. The SMILES string of the molecule is C1=C(c2ccc(-c3ccc4c(-c5ccc(-c6ccccc6)cc5)c5ccccc5c(-c5ccc6ccccc6c5)c4c3)cc2)CCCC1.C1=C(c2ccc(-c3ccc4c(-c5ccc(-c6ccccc6)cc5)c5ccccc5c(-c5ccccc5)c4c3)cc2)CCc2ccccc21. The molecule has 18 rings (SSSR count). The average Bonchev–Trinajstić information content (AvgIpc) is 0.742. The Morgan fingerprint density at radius 2 is 0.542 bits per heavy atom. The topological polar surface area (TPSA) is 0 Å². The van der Waals surface area contributed by atoms with E-state index in [2.05, 4.69) is 352 Å². The first-order valence-corrected chi connectivity index (χ1v) is 34.1. The van der Waals surface area contributed by atoms with Crippen LogP contribution in [-0.2, 0) is 6.42 Å². The Labute approximate surface area is 563 Å². The van der Waals surface area contributed by atoms with Crippen molar-refractivity contribution < 1.29 is 0 Å². The number of benzene rings is 16. The van der Waals surface area contributed by atoms with Gasteiger partial charge in [0.15, 0.2) is 0 Å². The average molecular weight is 1220 g/mol. The van der Waals surface area contributed by atoms with Crippen molar-refractivity contribution in [2.45, 2.75) is 38.5 Å². The maximum absolute atomic E-state index is 2.43. The van der Waals surface area contributed by atoms with Crippen LogP contribution in [0.3, 0.4) is 0 Å². The minimum absolute atomic E-state index is 1.08. The zero-order valence-corrected chi connectivity index (χ0v) is 53.7. The predicted octanol–water partition coefficient (Wildman–Crippen LogP) is 26.9. The summed E-state index contributed by atoms with van der Waals surface area (Å²) in [5.41, 5.74) is 28.4. The van der Waals surface area contributed by atoms with E-state index in [-0.39, 0.29) is 0 Å². The van der Waals surface area contributed by atoms with Gasteiger partial charge in [0.1, 0.15) is 0 Å². The van der Waals surface area contributed by atoms with Crippen molar-refractivity contribution in [3.63, 3.8) is 0 Å². The molecule has 0 unspecified atom stereocenters. The molecule has 0 aliphatic heterocycles. The number of fused-ring (bicyclic) bond motifs is 6. The summed E-state index contributed by atoms with van der Waals surface area (Å²) in [5, 5.41) is 12.7. The van der Waals surface area contributed by atoms with E-state index in [0.29, 0.717) is 0 Å². The van der Waals surface area contributed by atoms with E-state index in [0.717, 1.165) is 12.8 Å². The summed E-state index contributed by atoms with van der Waals surface area (Å²) in [6.45, 7) is 0. The van der Waals surface area contributed by atoms with Gasteiger partial charge in [-0.2, -0.15) is 0 Å². The van der Waals surface area contributed by atoms with Crippen LogP contribution in [0.25, 0.3) is 160 Å². The first-order chi connectivity index (χ1) is 47.6. The molecule has 0 fully saturated rings. The lowest BCUT2D eigenvalue weighted by Crippen LogP contribution is -1.98. The summed E-state index contributed by atoms with van der Waals surface area (Å²) in [7, 11) is 0. The smallest absolute Gasteiger partial charge is 0.00259 e. The molecule has 0 radical (unpaired) electrons. The van der Waals surface area contributed by atoms with Crippen LogP contribution in [-0.4, -0.2) is 0 Å². The summed E-state index contributed by atoms with van der Waals surface area (Å²) >= 11 is 0. The third-order valence-electron chi connectivity index (χ3n) is 20.2. The lowest BCUT2D eigenvalue weighted by Gasteiger charge is -2.19. The van der Waals surface area contributed by atoms with Gasteiger partial charge in [-0.3, -0.25) is 0 Å². The normalized spacial score (nSPS) is 12.9. The second kappa shape index (κ2) is 25.7. The molecular formula is C96H70. The Hall–Kier alpha value is -11.7. The van der Waals surface area contributed by atoms with E-state index in [9.17, 15) is 0 Å². The standard InChI is InChI=1S/C48H34.C48H36/c1-3-11-33(12-4-1)35-23-26-39(27-24-35)47-43-17-9-10-18-44(43)48(38-14-5-2-6-15-38)46-32-42(29-30-45(46)47)37-21-19-36(20-22-37)41-28-25-34-13-7-8-16-40(34)31-41;1-3-11-33(12-4-1)36-19-21-38(22-20-36)41-29-30-45-46(32-41)48(42-28-25-35-15-7-8-16-40(35)31-42)44-18-10-9-17-43(44)47(45)39-26-23-37(24-27-39)34-13-5-2-6-14-34/h1-24,26-27,29-32H,25,28H2;2,5-11,13-32H,1,3-4,12H2. The van der Waals surface area contributed by atoms with Gasteiger partial charge >= 0.3 is 0 Å². The van der Waals surface area contributed by atoms with Crippen molar-refractivity contribution in [3.8, 4) is 89.0 Å². The third kappa shape index (κ3) is 11.2. The molecule has 2 aliphatic carbocycles. The quantitative estimate of drug-likeness (QED) is 0.120. The van der Waals surface area contributed by atoms with Gasteiger partial charge < -0.3 is 0 Å². The molecule has 0 saturated heterocycles. The van der Waals surface area contributed by atoms with Crippen LogP contribution < -0.4 is 0 Å². The molecule has 0 heteroatoms. The van der Waals surface area contributed by atoms with Crippen LogP contribution in [0.2, 0.25) is 0 Å². The van der Waals surface area contributed by atoms with E-state index in [1.807, 2.05) is 0 Å². The van der Waals surface area contributed by atoms with Crippen molar-refractivity contribution >= 4 is 71.1 Å². The Morgan fingerprint density at radius 3 is 1.05 bits per heavy atom. The fraction of sp³-hybridized carbons (Fsp3) is 0.0625. The first kappa shape index (κ1) is 58.1. The van der Waals surface area contributed by atoms with Gasteiger partial charge in [0.2, 0.25) is 0 Å². The predicted molar refractivity (Wildman–Crippen MR) is 413 cm³/mol. The minimum atomic E-state index is 1.08. The molecular weight excluding hydrogens is 1150 g/mol. The lowest BCUT2D eigenvalue weighted by molar-refractivity contribution is 0.742. The van der Waals surface area contributed by atoms with Crippen LogP contribution in [0.4, 0.5) is 0 Å². The fourth-order valence-electron chi connectivity index (χ4n) is 15.3. The summed E-state index contributed by atoms with van der Waals surface area (Å²) in [6.07, 6.45) is 12.0. The van der Waals surface area contributed by atoms with Gasteiger partial charge in [-0.25, -0.2) is 0 Å². The Morgan fingerprint density at radius 1 is 0.188 bits per heavy atom. The number of rotatable bonds is 10. The Balaban J connectivity index is 0.000000145. The van der Waals surface area contributed by atoms with Gasteiger partial charge in [-0.05, 0) is 233 Å². The Bertz CT molecular complexity index is 5620. The molecule has 0 saturated carbocycles. The highest BCUT2D eigenvalue weighted by Crippen LogP contribution is 2.48. The Kier molecular flexibility index (Phi) is 15.5. The van der Waals surface area contributed by atoms with E-state index in [4.69, 9.17) is 0 Å². The highest BCUT2D eigenvalue weighted by atomic mass is 14.2. The molecule has 16 aromatic rings. The van der Waals surface area contributed by atoms with Crippen molar-refractivity contribution in [2.24, 2.45) is 0 Å². The first-order valence-electron chi connectivity index (χ1n) is 34.1. The number of hydrogen-bond donors (Lipinski definition) is 0. The van der Waals surface area contributed by atoms with Crippen molar-refractivity contribution in [3.05, 3.63) is 368 Å². The molecule has 2 aliphatic rings. The second-order valence-electron chi connectivity index (χ2n) is 25.9. The van der Waals surface area contributed by atoms with Gasteiger partial charge in [0, 0.05) is 0 Å². The highest BCUT2D eigenvalue weighted by Gasteiger charge is 2.21. The molecule has 0 atom stereocenters. The molecule has 0 spiro atoms. The fourth-order valence-corrected chi connectivity index (χ4v) is 15.3. The molecule has 0 aromatic heterocycles. The summed E-state index contributed by atoms with van der Waals surface area (Å²) < 4.78 is 0. The molecule has 0 N–H and O–H groups in total. The van der Waals surface area contributed by atoms with Crippen LogP contribution in [0.1, 0.15) is 54.4 Å². The second-order valence-corrected chi connectivity index (χ2v) is 25.9. The zero-order valence-electron chi connectivity index (χ0n) is 53.7. The molecule has 96 heavy (non-hydrogen) atoms. The molecule has 0 nitrogen and oxygen atoms in total. The van der Waals surface area contributed by atoms with Crippen LogP contribution in [0.5, 0.6) is 0 Å². The van der Waals surface area contributed by atoms with Crippen LogP contribution in [0, 0.1) is 0 Å². The maximum atomic E-state index is 2.43. The van der Waals surface area contributed by atoms with Gasteiger partial charge in [-0.1, -0.05) is 334 Å². The molecule has 0 amide bonds. The maximum Gasteiger partial charge on any atom is -0.00259 e. The summed E-state index contributed by atoms with van der Waals surface area (Å²) in [4.78, 5) is 0. The molecule has 16 aromatic carbocycles. The van der Waals surface area contributed by atoms with Gasteiger partial charge in [-0.15, -0.1) is 0 Å². The van der Waals surface area contributed by atoms with E-state index < -0.39 is 0 Å². The summed E-state index contributed by atoms with van der Waals surface area (Å²) in [5.74, 6) is 0. The number of allylic oxidation sites excluding steroid dienone is 3. The summed E-state index contributed by atoms with van der Waals surface area (Å²) in [6, 6.07) is 125. The number of hydrogen-bond acceptors (Lipinski definition) is 0. The van der Waals surface area contributed by atoms with E-state index >= 15 is 0 Å². The lowest BCUT2D eigenvalue weighted by atomic mass is 9.84. The van der Waals surface area contributed by atoms with Gasteiger partial charge in [0.25, 0.3) is 0 Å². The minimum Gasteiger partial charge on any atom is -0.0807 e. The van der Waals surface area contributed by atoms with E-state index in [1.165, 1.54) is 202 Å². The number of aryl methyl sites for hydroxylation is 1. The molecule has 454 valence electrons. The molecule has 0 bridgehead atoms. The zero-order chi connectivity index (χ0) is 63.7. The highest BCUT2D eigenvalue weighted by molar-refractivity contribution is 6.24. The molecule has 0 heterocycles. The van der Waals surface area contributed by atoms with Crippen LogP contribution >= 0.6 is 0 Å². The van der Waals surface area contributed by atoms with Gasteiger partial charge in [0.05, 0.1) is 0 Å².